The molecule has 1 heterocycles. The van der Waals surface area contributed by atoms with Crippen molar-refractivity contribution < 1.29 is 9.13 Å². The molecule has 7 heteroatoms. The summed E-state index contributed by atoms with van der Waals surface area (Å²) in [7, 11) is 0. The predicted molar refractivity (Wildman–Crippen MR) is 111 cm³/mol. The van der Waals surface area contributed by atoms with Crippen LogP contribution in [-0.2, 0) is 0 Å². The van der Waals surface area contributed by atoms with Gasteiger partial charge in [-0.15, -0.1) is 24.8 Å². The van der Waals surface area contributed by atoms with E-state index in [0.29, 0.717) is 18.5 Å². The minimum atomic E-state index is -0.245. The molecule has 0 amide bonds. The van der Waals surface area contributed by atoms with Crippen LogP contribution in [0, 0.1) is 5.82 Å². The third kappa shape index (κ3) is 6.84. The van der Waals surface area contributed by atoms with Crippen molar-refractivity contribution in [1.82, 2.24) is 4.90 Å². The second-order valence-electron chi connectivity index (χ2n) is 6.00. The third-order valence-corrected chi connectivity index (χ3v) is 4.50. The highest BCUT2D eigenvalue weighted by Gasteiger charge is 2.21. The van der Waals surface area contributed by atoms with E-state index in [-0.39, 0.29) is 30.6 Å². The number of anilines is 1. The minimum Gasteiger partial charge on any atom is -0.492 e. The molecule has 1 saturated heterocycles. The van der Waals surface area contributed by atoms with Crippen molar-refractivity contribution in [3.8, 4) is 5.75 Å². The van der Waals surface area contributed by atoms with Gasteiger partial charge in [0.1, 0.15) is 18.2 Å². The van der Waals surface area contributed by atoms with Crippen molar-refractivity contribution in [1.29, 1.82) is 0 Å². The van der Waals surface area contributed by atoms with Gasteiger partial charge in [-0.2, -0.15) is 0 Å². The van der Waals surface area contributed by atoms with Gasteiger partial charge in [-0.25, -0.2) is 4.39 Å². The first kappa shape index (κ1) is 22.8. The minimum absolute atomic E-state index is 0. The van der Waals surface area contributed by atoms with Gasteiger partial charge in [-0.3, -0.25) is 4.90 Å². The van der Waals surface area contributed by atoms with Crippen LogP contribution >= 0.6 is 36.4 Å². The first-order chi connectivity index (χ1) is 11.7. The van der Waals surface area contributed by atoms with E-state index in [1.807, 2.05) is 24.3 Å². The second kappa shape index (κ2) is 11.5. The molecule has 1 atom stereocenters. The van der Waals surface area contributed by atoms with Crippen molar-refractivity contribution in [3.63, 3.8) is 0 Å². The SMILES string of the molecule is Cl.Cl.Fc1ccc(OCCN2CCCCC2Nc2ccc(Cl)cc2)cc1. The van der Waals surface area contributed by atoms with Crippen LogP contribution in [0.15, 0.2) is 48.5 Å². The van der Waals surface area contributed by atoms with Crippen molar-refractivity contribution in [2.75, 3.05) is 25.0 Å². The van der Waals surface area contributed by atoms with Crippen LogP contribution in [0.4, 0.5) is 10.1 Å². The average Bonchev–Trinajstić information content (AvgIpc) is 2.60. The molecular weight excluding hydrogens is 398 g/mol. The van der Waals surface area contributed by atoms with E-state index in [0.717, 1.165) is 30.2 Å². The van der Waals surface area contributed by atoms with Crippen LogP contribution in [0.2, 0.25) is 5.02 Å². The van der Waals surface area contributed by atoms with Crippen LogP contribution in [0.3, 0.4) is 0 Å². The van der Waals surface area contributed by atoms with Gasteiger partial charge in [0.25, 0.3) is 0 Å². The van der Waals surface area contributed by atoms with Gasteiger partial charge >= 0.3 is 0 Å². The lowest BCUT2D eigenvalue weighted by atomic mass is 10.1. The third-order valence-electron chi connectivity index (χ3n) is 4.25. The number of nitrogens with one attached hydrogen (secondary N) is 1. The Hall–Kier alpha value is -1.20. The molecule has 0 spiro atoms. The Kier molecular flexibility index (Phi) is 10.1. The fourth-order valence-corrected chi connectivity index (χ4v) is 3.10. The molecule has 1 N–H and O–H groups in total. The van der Waals surface area contributed by atoms with Crippen LogP contribution in [0.25, 0.3) is 0 Å². The molecular formula is C19H24Cl3FN2O. The highest BCUT2D eigenvalue weighted by Crippen LogP contribution is 2.21. The summed E-state index contributed by atoms with van der Waals surface area (Å²) in [5.74, 6) is 0.459. The van der Waals surface area contributed by atoms with Crippen LogP contribution in [0.5, 0.6) is 5.75 Å². The highest BCUT2D eigenvalue weighted by molar-refractivity contribution is 6.30. The number of rotatable bonds is 6. The lowest BCUT2D eigenvalue weighted by molar-refractivity contribution is 0.138. The maximum atomic E-state index is 12.9. The monoisotopic (exact) mass is 420 g/mol. The summed E-state index contributed by atoms with van der Waals surface area (Å²) < 4.78 is 18.6. The van der Waals surface area contributed by atoms with Gasteiger partial charge in [0.2, 0.25) is 0 Å². The molecule has 144 valence electrons. The molecule has 0 bridgehead atoms. The van der Waals surface area contributed by atoms with E-state index >= 15 is 0 Å². The fraction of sp³-hybridized carbons (Fsp3) is 0.368. The smallest absolute Gasteiger partial charge is 0.123 e. The standard InChI is InChI=1S/C19H22ClFN2O.2ClH/c20-15-4-8-17(9-5-15)22-19-3-1-2-12-23(19)13-14-24-18-10-6-16(21)7-11-18;;/h4-11,19,22H,1-3,12-14H2;2*1H. The zero-order chi connectivity index (χ0) is 16.8. The maximum Gasteiger partial charge on any atom is 0.123 e. The summed E-state index contributed by atoms with van der Waals surface area (Å²) in [6.45, 7) is 2.48. The van der Waals surface area contributed by atoms with E-state index in [1.54, 1.807) is 12.1 Å². The number of hydrogen-bond donors (Lipinski definition) is 1. The molecule has 0 aliphatic carbocycles. The van der Waals surface area contributed by atoms with E-state index in [1.165, 1.54) is 25.0 Å². The Balaban J connectivity index is 0.00000169. The zero-order valence-electron chi connectivity index (χ0n) is 14.4. The van der Waals surface area contributed by atoms with E-state index in [9.17, 15) is 4.39 Å². The largest absolute Gasteiger partial charge is 0.492 e. The summed E-state index contributed by atoms with van der Waals surface area (Å²) in [4.78, 5) is 2.40. The van der Waals surface area contributed by atoms with Crippen molar-refractivity contribution in [2.24, 2.45) is 0 Å². The topological polar surface area (TPSA) is 24.5 Å². The van der Waals surface area contributed by atoms with Gasteiger partial charge < -0.3 is 10.1 Å². The predicted octanol–water partition coefficient (Wildman–Crippen LogP) is 5.63. The molecule has 0 radical (unpaired) electrons. The molecule has 2 aromatic rings. The first-order valence-corrected chi connectivity index (χ1v) is 8.73. The quantitative estimate of drug-likeness (QED) is 0.654. The van der Waals surface area contributed by atoms with Crippen LogP contribution in [0.1, 0.15) is 19.3 Å². The van der Waals surface area contributed by atoms with Gasteiger partial charge in [0.15, 0.2) is 0 Å². The Morgan fingerprint density at radius 1 is 1.04 bits per heavy atom. The Morgan fingerprint density at radius 2 is 1.73 bits per heavy atom. The summed E-state index contributed by atoms with van der Waals surface area (Å²) in [5.41, 5.74) is 1.08. The molecule has 0 saturated carbocycles. The molecule has 26 heavy (non-hydrogen) atoms. The second-order valence-corrected chi connectivity index (χ2v) is 6.44. The van der Waals surface area contributed by atoms with E-state index in [4.69, 9.17) is 16.3 Å². The number of benzene rings is 2. The lowest BCUT2D eigenvalue weighted by Gasteiger charge is -2.36. The number of ether oxygens (including phenoxy) is 1. The molecule has 1 fully saturated rings. The lowest BCUT2D eigenvalue weighted by Crippen LogP contribution is -2.46. The normalized spacial score (nSPS) is 16.9. The summed E-state index contributed by atoms with van der Waals surface area (Å²) in [5, 5.41) is 4.32. The van der Waals surface area contributed by atoms with Gasteiger partial charge in [0, 0.05) is 23.8 Å². The van der Waals surface area contributed by atoms with Crippen LogP contribution < -0.4 is 10.1 Å². The van der Waals surface area contributed by atoms with Crippen molar-refractivity contribution in [3.05, 3.63) is 59.4 Å². The number of nitrogens with zero attached hydrogens (tertiary/aromatic N) is 1. The van der Waals surface area contributed by atoms with Crippen LogP contribution in [-0.4, -0.2) is 30.8 Å². The number of hydrogen-bond acceptors (Lipinski definition) is 3. The molecule has 2 aromatic carbocycles. The Labute approximate surface area is 171 Å². The fourth-order valence-electron chi connectivity index (χ4n) is 2.97. The molecule has 1 aliphatic heterocycles. The van der Waals surface area contributed by atoms with Crippen molar-refractivity contribution in [2.45, 2.75) is 25.4 Å². The number of piperidine rings is 1. The van der Waals surface area contributed by atoms with Gasteiger partial charge in [-0.05, 0) is 67.8 Å². The Morgan fingerprint density at radius 3 is 2.42 bits per heavy atom. The Bertz CT molecular complexity index is 640. The molecule has 3 nitrogen and oxygen atoms in total. The summed E-state index contributed by atoms with van der Waals surface area (Å²) in [6, 6.07) is 14.0. The summed E-state index contributed by atoms with van der Waals surface area (Å²) in [6.07, 6.45) is 3.84. The summed E-state index contributed by atoms with van der Waals surface area (Å²) >= 11 is 5.94. The van der Waals surface area contributed by atoms with Gasteiger partial charge in [0.05, 0.1) is 6.17 Å². The molecule has 3 rings (SSSR count). The zero-order valence-corrected chi connectivity index (χ0v) is 16.8. The number of halogens is 4. The molecule has 0 aromatic heterocycles. The van der Waals surface area contributed by atoms with Gasteiger partial charge in [-0.1, -0.05) is 11.6 Å². The molecule has 1 aliphatic rings. The average molecular weight is 422 g/mol. The van der Waals surface area contributed by atoms with Crippen molar-refractivity contribution >= 4 is 42.1 Å². The first-order valence-electron chi connectivity index (χ1n) is 8.35. The number of likely N-dealkylation sites (tertiary alicyclic amines) is 1. The maximum absolute atomic E-state index is 12.9. The van der Waals surface area contributed by atoms with E-state index in [2.05, 4.69) is 10.2 Å². The highest BCUT2D eigenvalue weighted by atomic mass is 35.5. The molecule has 1 unspecified atom stereocenters. The van der Waals surface area contributed by atoms with E-state index < -0.39 is 0 Å².